The summed E-state index contributed by atoms with van der Waals surface area (Å²) in [5, 5.41) is 0. The fourth-order valence-electron chi connectivity index (χ4n) is 8.04. The SMILES string of the molecule is c1ccc(-c2nc(-c3ccccc3)nc(-c3cccc(-c4cccc(-c5ccc6c(c5)C(c5ccccc5)(c5ccccc5)c5ccccc5O6)c4)c3)n2)cc1. The molecule has 8 aromatic carbocycles. The predicted molar refractivity (Wildman–Crippen MR) is 225 cm³/mol. The van der Waals surface area contributed by atoms with Crippen LogP contribution in [0.2, 0.25) is 0 Å². The van der Waals surface area contributed by atoms with E-state index < -0.39 is 5.41 Å². The second-order valence-electron chi connectivity index (χ2n) is 14.0. The van der Waals surface area contributed by atoms with Gasteiger partial charge in [0.15, 0.2) is 17.5 Å². The van der Waals surface area contributed by atoms with Gasteiger partial charge in [0.25, 0.3) is 0 Å². The van der Waals surface area contributed by atoms with Gasteiger partial charge in [-0.3, -0.25) is 0 Å². The standard InChI is InChI=1S/C52H35N3O/c1-5-17-36(18-6-1)49-53-50(37-19-7-2-8-20-37)55-51(54-49)42-24-16-23-40(34-42)38-21-15-22-39(33-38)41-31-32-48-46(35-41)52(43-25-9-3-10-26-43,44-27-11-4-12-28-44)45-29-13-14-30-47(45)56-48/h1-35H. The zero-order valence-corrected chi connectivity index (χ0v) is 30.5. The number of rotatable bonds is 7. The summed E-state index contributed by atoms with van der Waals surface area (Å²) in [4.78, 5) is 14.9. The molecule has 0 radical (unpaired) electrons. The predicted octanol–water partition coefficient (Wildman–Crippen LogP) is 12.7. The highest BCUT2D eigenvalue weighted by Gasteiger charge is 2.45. The van der Waals surface area contributed by atoms with Crippen LogP contribution in [-0.2, 0) is 5.41 Å². The maximum atomic E-state index is 6.67. The summed E-state index contributed by atoms with van der Waals surface area (Å²) in [5.74, 6) is 3.63. The van der Waals surface area contributed by atoms with E-state index in [9.17, 15) is 0 Å². The lowest BCUT2D eigenvalue weighted by Gasteiger charge is -2.41. The molecule has 1 aliphatic rings. The second-order valence-corrected chi connectivity index (χ2v) is 14.0. The Hall–Kier alpha value is -7.43. The Kier molecular flexibility index (Phi) is 8.34. The first kappa shape index (κ1) is 33.2. The van der Waals surface area contributed by atoms with Crippen molar-refractivity contribution in [1.29, 1.82) is 0 Å². The van der Waals surface area contributed by atoms with E-state index >= 15 is 0 Å². The van der Waals surface area contributed by atoms with Gasteiger partial charge in [0, 0.05) is 27.8 Å². The maximum Gasteiger partial charge on any atom is 0.164 e. The van der Waals surface area contributed by atoms with Gasteiger partial charge in [-0.25, -0.2) is 15.0 Å². The largest absolute Gasteiger partial charge is 0.457 e. The Balaban J connectivity index is 1.08. The van der Waals surface area contributed by atoms with Crippen LogP contribution in [0.5, 0.6) is 11.5 Å². The smallest absolute Gasteiger partial charge is 0.164 e. The van der Waals surface area contributed by atoms with Crippen LogP contribution in [-0.4, -0.2) is 15.0 Å². The van der Waals surface area contributed by atoms with Crippen molar-refractivity contribution >= 4 is 0 Å². The van der Waals surface area contributed by atoms with Gasteiger partial charge >= 0.3 is 0 Å². The number of hydrogen-bond acceptors (Lipinski definition) is 4. The molecule has 0 unspecified atom stereocenters. The summed E-state index contributed by atoms with van der Waals surface area (Å²) in [6.07, 6.45) is 0. The van der Waals surface area contributed by atoms with Crippen LogP contribution >= 0.6 is 0 Å². The Morgan fingerprint density at radius 3 is 1.23 bits per heavy atom. The van der Waals surface area contributed by atoms with E-state index in [1.165, 1.54) is 11.1 Å². The van der Waals surface area contributed by atoms with Gasteiger partial charge in [0.2, 0.25) is 0 Å². The molecule has 0 saturated carbocycles. The Bertz CT molecular complexity index is 2720. The minimum atomic E-state index is -0.587. The summed E-state index contributed by atoms with van der Waals surface area (Å²) in [7, 11) is 0. The number of para-hydroxylation sites is 1. The van der Waals surface area contributed by atoms with Crippen molar-refractivity contribution in [2.24, 2.45) is 0 Å². The van der Waals surface area contributed by atoms with Crippen LogP contribution in [0.25, 0.3) is 56.4 Å². The monoisotopic (exact) mass is 717 g/mol. The quantitative estimate of drug-likeness (QED) is 0.165. The third-order valence-electron chi connectivity index (χ3n) is 10.7. The third-order valence-corrected chi connectivity index (χ3v) is 10.7. The molecule has 1 aliphatic heterocycles. The molecule has 4 heteroatoms. The van der Waals surface area contributed by atoms with Gasteiger partial charge in [-0.1, -0.05) is 182 Å². The van der Waals surface area contributed by atoms with E-state index in [1.54, 1.807) is 0 Å². The summed E-state index contributed by atoms with van der Waals surface area (Å²) >= 11 is 0. The van der Waals surface area contributed by atoms with Crippen LogP contribution < -0.4 is 4.74 Å². The molecule has 56 heavy (non-hydrogen) atoms. The zero-order valence-electron chi connectivity index (χ0n) is 30.5. The summed E-state index contributed by atoms with van der Waals surface area (Å²) < 4.78 is 6.67. The van der Waals surface area contributed by atoms with Gasteiger partial charge in [-0.2, -0.15) is 0 Å². The highest BCUT2D eigenvalue weighted by molar-refractivity contribution is 5.79. The Morgan fingerprint density at radius 2 is 0.679 bits per heavy atom. The number of benzene rings is 8. The zero-order chi connectivity index (χ0) is 37.3. The lowest BCUT2D eigenvalue weighted by Crippen LogP contribution is -2.34. The second kappa shape index (κ2) is 14.1. The Morgan fingerprint density at radius 1 is 0.286 bits per heavy atom. The molecule has 1 aromatic heterocycles. The first-order valence-electron chi connectivity index (χ1n) is 18.9. The van der Waals surface area contributed by atoms with E-state index in [0.29, 0.717) is 17.5 Å². The molecule has 0 fully saturated rings. The van der Waals surface area contributed by atoms with E-state index in [1.807, 2.05) is 66.7 Å². The molecule has 264 valence electrons. The number of nitrogens with zero attached hydrogens (tertiary/aromatic N) is 3. The van der Waals surface area contributed by atoms with Gasteiger partial charge < -0.3 is 4.74 Å². The minimum Gasteiger partial charge on any atom is -0.457 e. The number of aromatic nitrogens is 3. The lowest BCUT2D eigenvalue weighted by atomic mass is 9.63. The topological polar surface area (TPSA) is 47.9 Å². The molecule has 2 heterocycles. The summed E-state index contributed by atoms with van der Waals surface area (Å²) in [6.45, 7) is 0. The van der Waals surface area contributed by atoms with Crippen LogP contribution in [0.3, 0.4) is 0 Å². The lowest BCUT2D eigenvalue weighted by molar-refractivity contribution is 0.434. The first-order chi connectivity index (χ1) is 27.7. The van der Waals surface area contributed by atoms with Crippen molar-refractivity contribution in [1.82, 2.24) is 15.0 Å². The van der Waals surface area contributed by atoms with E-state index in [4.69, 9.17) is 19.7 Å². The first-order valence-corrected chi connectivity index (χ1v) is 18.9. The molecule has 0 amide bonds. The van der Waals surface area contributed by atoms with Crippen molar-refractivity contribution < 1.29 is 4.74 Å². The average Bonchev–Trinajstić information content (AvgIpc) is 3.29. The summed E-state index contributed by atoms with van der Waals surface area (Å²) in [6, 6.07) is 74.0. The molecule has 0 bridgehead atoms. The van der Waals surface area contributed by atoms with Crippen molar-refractivity contribution in [3.63, 3.8) is 0 Å². The normalized spacial score (nSPS) is 12.6. The number of fused-ring (bicyclic) bond motifs is 2. The molecular formula is C52H35N3O. The molecule has 4 nitrogen and oxygen atoms in total. The molecule has 10 rings (SSSR count). The average molecular weight is 718 g/mol. The molecule has 9 aromatic rings. The third kappa shape index (κ3) is 5.85. The minimum absolute atomic E-state index is 0.587. The van der Waals surface area contributed by atoms with Crippen LogP contribution in [0.15, 0.2) is 212 Å². The van der Waals surface area contributed by atoms with E-state index in [-0.39, 0.29) is 0 Å². The van der Waals surface area contributed by atoms with Crippen molar-refractivity contribution in [3.05, 3.63) is 235 Å². The number of hydrogen-bond donors (Lipinski definition) is 0. The maximum absolute atomic E-state index is 6.67. The van der Waals surface area contributed by atoms with Crippen molar-refractivity contribution in [3.8, 4) is 67.9 Å². The fraction of sp³-hybridized carbons (Fsp3) is 0.0192. The van der Waals surface area contributed by atoms with Crippen molar-refractivity contribution in [2.75, 3.05) is 0 Å². The van der Waals surface area contributed by atoms with Gasteiger partial charge in [-0.05, 0) is 63.7 Å². The van der Waals surface area contributed by atoms with Gasteiger partial charge in [-0.15, -0.1) is 0 Å². The van der Waals surface area contributed by atoms with Gasteiger partial charge in [0.05, 0.1) is 5.41 Å². The molecular weight excluding hydrogens is 683 g/mol. The van der Waals surface area contributed by atoms with Gasteiger partial charge in [0.1, 0.15) is 11.5 Å². The van der Waals surface area contributed by atoms with Crippen LogP contribution in [0.4, 0.5) is 0 Å². The van der Waals surface area contributed by atoms with Crippen LogP contribution in [0.1, 0.15) is 22.3 Å². The highest BCUT2D eigenvalue weighted by atomic mass is 16.5. The summed E-state index contributed by atoms with van der Waals surface area (Å²) in [5.41, 5.74) is 11.2. The fourth-order valence-corrected chi connectivity index (χ4v) is 8.04. The van der Waals surface area contributed by atoms with Crippen LogP contribution in [0, 0.1) is 0 Å². The highest BCUT2D eigenvalue weighted by Crippen LogP contribution is 2.55. The molecule has 0 aliphatic carbocycles. The molecule has 0 atom stereocenters. The molecule has 0 saturated heterocycles. The number of ether oxygens (including phenoxy) is 1. The molecule has 0 spiro atoms. The molecule has 0 N–H and O–H groups in total. The Labute approximate surface area is 326 Å². The van der Waals surface area contributed by atoms with E-state index in [2.05, 4.69) is 146 Å². The van der Waals surface area contributed by atoms with E-state index in [0.717, 1.165) is 61.6 Å². The van der Waals surface area contributed by atoms with Crippen molar-refractivity contribution in [2.45, 2.75) is 5.41 Å².